The van der Waals surface area contributed by atoms with E-state index in [1.54, 1.807) is 50.0 Å². The van der Waals surface area contributed by atoms with Gasteiger partial charge < -0.3 is 19.8 Å². The number of carbonyl (C=O) groups is 1. The molecule has 0 saturated heterocycles. The maximum absolute atomic E-state index is 14.7. The molecule has 0 aliphatic rings. The molecule has 1 amide bonds. The number of ether oxygens (including phenoxy) is 2. The van der Waals surface area contributed by atoms with Gasteiger partial charge in [-0.15, -0.1) is 0 Å². The molecule has 2 aromatic carbocycles. The number of benzene rings is 2. The van der Waals surface area contributed by atoms with Gasteiger partial charge in [-0.1, -0.05) is 12.1 Å². The molecule has 0 aliphatic heterocycles. The zero-order chi connectivity index (χ0) is 23.5. The van der Waals surface area contributed by atoms with Crippen LogP contribution in [0.4, 0.5) is 10.1 Å². The lowest BCUT2D eigenvalue weighted by Crippen LogP contribution is -2.13. The first-order chi connectivity index (χ1) is 16.6. The molecule has 5 aromatic rings. The fourth-order valence-electron chi connectivity index (χ4n) is 3.52. The Morgan fingerprint density at radius 2 is 1.74 bits per heavy atom. The lowest BCUT2D eigenvalue weighted by Gasteiger charge is -2.10. The van der Waals surface area contributed by atoms with Crippen molar-refractivity contribution in [1.29, 1.82) is 0 Å². The molecule has 0 spiro atoms. The van der Waals surface area contributed by atoms with Crippen LogP contribution in [0.5, 0.6) is 17.2 Å². The van der Waals surface area contributed by atoms with Crippen molar-refractivity contribution in [3.05, 3.63) is 96.8 Å². The fraction of sp³-hybridized carbons (Fsp3) is 0.0385. The van der Waals surface area contributed by atoms with Crippen LogP contribution in [0.3, 0.4) is 0 Å². The summed E-state index contributed by atoms with van der Waals surface area (Å²) in [6.07, 6.45) is 4.87. The first kappa shape index (κ1) is 21.1. The first-order valence-electron chi connectivity index (χ1n) is 10.4. The quantitative estimate of drug-likeness (QED) is 0.338. The molecule has 0 atom stereocenters. The second-order valence-electron chi connectivity index (χ2n) is 7.41. The van der Waals surface area contributed by atoms with E-state index in [1.807, 2.05) is 30.3 Å². The minimum absolute atomic E-state index is 0.0336. The Hall–Kier alpha value is -4.72. The lowest BCUT2D eigenvalue weighted by molar-refractivity contribution is 0.102. The van der Waals surface area contributed by atoms with E-state index in [-0.39, 0.29) is 17.1 Å². The molecule has 0 unspecified atom stereocenters. The molecule has 5 rings (SSSR count). The number of anilines is 1. The number of hydrogen-bond donors (Lipinski definition) is 2. The van der Waals surface area contributed by atoms with E-state index in [4.69, 9.17) is 9.47 Å². The molecule has 0 bridgehead atoms. The van der Waals surface area contributed by atoms with Gasteiger partial charge in [-0.2, -0.15) is 0 Å². The van der Waals surface area contributed by atoms with Gasteiger partial charge in [0.2, 0.25) is 0 Å². The number of aromatic amines is 1. The van der Waals surface area contributed by atoms with E-state index in [0.717, 1.165) is 22.3 Å². The number of pyridine rings is 2. The number of carbonyl (C=O) groups excluding carboxylic acids is 1. The number of rotatable bonds is 6. The Bertz CT molecular complexity index is 1480. The van der Waals surface area contributed by atoms with Crippen LogP contribution in [0, 0.1) is 5.82 Å². The number of fused-ring (bicyclic) bond motifs is 1. The highest BCUT2D eigenvalue weighted by molar-refractivity contribution is 6.03. The van der Waals surface area contributed by atoms with Gasteiger partial charge in [-0.3, -0.25) is 9.78 Å². The second kappa shape index (κ2) is 9.03. The van der Waals surface area contributed by atoms with E-state index < -0.39 is 11.7 Å². The first-order valence-corrected chi connectivity index (χ1v) is 10.4. The number of amides is 1. The van der Waals surface area contributed by atoms with E-state index in [2.05, 4.69) is 20.3 Å². The standard InChI is InChI=1S/C26H19FN4O3/c1-33-19-5-2-16(3-6-19)17-8-11-28-22(14-17)26(32)31-18-4-7-24(21(27)15-18)34-23-10-13-30-25-20(23)9-12-29-25/h2-15H,1H3,(H,29,30)(H,31,32). The maximum Gasteiger partial charge on any atom is 0.274 e. The summed E-state index contributed by atoms with van der Waals surface area (Å²) in [6, 6.07) is 18.7. The van der Waals surface area contributed by atoms with Gasteiger partial charge in [0, 0.05) is 30.3 Å². The topological polar surface area (TPSA) is 89.1 Å². The number of aromatic nitrogens is 3. The molecule has 3 aromatic heterocycles. The Labute approximate surface area is 194 Å². The molecule has 168 valence electrons. The SMILES string of the molecule is COc1ccc(-c2ccnc(C(=O)Nc3ccc(Oc4ccnc5[nH]ccc45)c(F)c3)c2)cc1. The number of nitrogens with one attached hydrogen (secondary N) is 2. The van der Waals surface area contributed by atoms with Crippen LogP contribution < -0.4 is 14.8 Å². The number of halogens is 1. The molecule has 0 fully saturated rings. The highest BCUT2D eigenvalue weighted by Crippen LogP contribution is 2.31. The van der Waals surface area contributed by atoms with Crippen molar-refractivity contribution in [1.82, 2.24) is 15.0 Å². The largest absolute Gasteiger partial charge is 0.497 e. The highest BCUT2D eigenvalue weighted by atomic mass is 19.1. The maximum atomic E-state index is 14.7. The molecule has 7 nitrogen and oxygen atoms in total. The molecule has 8 heteroatoms. The van der Waals surface area contributed by atoms with Crippen molar-refractivity contribution >= 4 is 22.6 Å². The Morgan fingerprint density at radius 1 is 0.912 bits per heavy atom. The Kier molecular flexibility index (Phi) is 5.61. The molecular weight excluding hydrogens is 435 g/mol. The minimum Gasteiger partial charge on any atom is -0.497 e. The molecule has 3 heterocycles. The van der Waals surface area contributed by atoms with Crippen LogP contribution in [0.25, 0.3) is 22.2 Å². The number of nitrogens with zero attached hydrogens (tertiary/aromatic N) is 2. The van der Waals surface area contributed by atoms with Crippen molar-refractivity contribution in [3.8, 4) is 28.4 Å². The lowest BCUT2D eigenvalue weighted by atomic mass is 10.1. The molecule has 0 saturated carbocycles. The van der Waals surface area contributed by atoms with Gasteiger partial charge in [-0.05, 0) is 59.7 Å². The highest BCUT2D eigenvalue weighted by Gasteiger charge is 2.13. The summed E-state index contributed by atoms with van der Waals surface area (Å²) < 4.78 is 25.7. The van der Waals surface area contributed by atoms with Crippen molar-refractivity contribution < 1.29 is 18.7 Å². The summed E-state index contributed by atoms with van der Waals surface area (Å²) in [5.41, 5.74) is 2.88. The number of H-pyrrole nitrogens is 1. The third kappa shape index (κ3) is 4.29. The summed E-state index contributed by atoms with van der Waals surface area (Å²) >= 11 is 0. The van der Waals surface area contributed by atoms with Crippen LogP contribution in [-0.4, -0.2) is 28.0 Å². The Balaban J connectivity index is 1.32. The summed E-state index contributed by atoms with van der Waals surface area (Å²) in [4.78, 5) is 24.1. The van der Waals surface area contributed by atoms with Crippen LogP contribution in [0.2, 0.25) is 0 Å². The summed E-state index contributed by atoms with van der Waals surface area (Å²) in [5.74, 6) is 0.185. The smallest absolute Gasteiger partial charge is 0.274 e. The van der Waals surface area contributed by atoms with E-state index in [1.165, 1.54) is 12.1 Å². The average molecular weight is 454 g/mol. The van der Waals surface area contributed by atoms with Crippen molar-refractivity contribution in [3.63, 3.8) is 0 Å². The molecule has 0 radical (unpaired) electrons. The predicted octanol–water partition coefficient (Wildman–Crippen LogP) is 5.82. The zero-order valence-corrected chi connectivity index (χ0v) is 18.1. The van der Waals surface area contributed by atoms with Crippen LogP contribution >= 0.6 is 0 Å². The molecule has 34 heavy (non-hydrogen) atoms. The van der Waals surface area contributed by atoms with Crippen molar-refractivity contribution in [2.45, 2.75) is 0 Å². The van der Waals surface area contributed by atoms with Gasteiger partial charge >= 0.3 is 0 Å². The second-order valence-corrected chi connectivity index (χ2v) is 7.41. The van der Waals surface area contributed by atoms with Gasteiger partial charge in [0.15, 0.2) is 11.6 Å². The average Bonchev–Trinajstić information content (AvgIpc) is 3.36. The van der Waals surface area contributed by atoms with Crippen LogP contribution in [-0.2, 0) is 0 Å². The van der Waals surface area contributed by atoms with Gasteiger partial charge in [-0.25, -0.2) is 9.37 Å². The van der Waals surface area contributed by atoms with Crippen molar-refractivity contribution in [2.75, 3.05) is 12.4 Å². The molecular formula is C26H19FN4O3. The number of hydrogen-bond acceptors (Lipinski definition) is 5. The fourth-order valence-corrected chi connectivity index (χ4v) is 3.52. The normalized spacial score (nSPS) is 10.8. The van der Waals surface area contributed by atoms with E-state index in [0.29, 0.717) is 11.4 Å². The predicted molar refractivity (Wildman–Crippen MR) is 127 cm³/mol. The molecule has 0 aliphatic carbocycles. The van der Waals surface area contributed by atoms with Gasteiger partial charge in [0.25, 0.3) is 5.91 Å². The van der Waals surface area contributed by atoms with Crippen LogP contribution in [0.1, 0.15) is 10.5 Å². The molecule has 2 N–H and O–H groups in total. The van der Waals surface area contributed by atoms with Gasteiger partial charge in [0.1, 0.15) is 22.8 Å². The van der Waals surface area contributed by atoms with Crippen molar-refractivity contribution in [2.24, 2.45) is 0 Å². The van der Waals surface area contributed by atoms with E-state index in [9.17, 15) is 9.18 Å². The summed E-state index contributed by atoms with van der Waals surface area (Å²) in [7, 11) is 1.60. The Morgan fingerprint density at radius 3 is 2.53 bits per heavy atom. The zero-order valence-electron chi connectivity index (χ0n) is 18.1. The van der Waals surface area contributed by atoms with Crippen LogP contribution in [0.15, 0.2) is 85.3 Å². The third-order valence-corrected chi connectivity index (χ3v) is 5.25. The summed E-state index contributed by atoms with van der Waals surface area (Å²) in [6.45, 7) is 0. The third-order valence-electron chi connectivity index (χ3n) is 5.25. The number of methoxy groups -OCH3 is 1. The van der Waals surface area contributed by atoms with Gasteiger partial charge in [0.05, 0.1) is 12.5 Å². The monoisotopic (exact) mass is 454 g/mol. The summed E-state index contributed by atoms with van der Waals surface area (Å²) in [5, 5.41) is 3.42. The minimum atomic E-state index is -0.613. The van der Waals surface area contributed by atoms with E-state index >= 15 is 0 Å².